The standard InChI is InChI=1S/C15H16ClFN2O4/c1-3-22-14(20)13-8(2)18-15(21)19-12(13)7-23-9-4-5-11(17)10(16)6-9/h4-6,8H,3,7H2,1-2H3,(H2,18,19,21)/t8-/m1/s1. The van der Waals surface area contributed by atoms with Crippen LogP contribution >= 0.6 is 11.6 Å². The molecule has 2 N–H and O–H groups in total. The van der Waals surface area contributed by atoms with Crippen molar-refractivity contribution in [2.45, 2.75) is 19.9 Å². The quantitative estimate of drug-likeness (QED) is 0.805. The van der Waals surface area contributed by atoms with E-state index in [1.807, 2.05) is 0 Å². The van der Waals surface area contributed by atoms with Gasteiger partial charge in [-0.25, -0.2) is 14.0 Å². The second kappa shape index (κ2) is 7.32. The fraction of sp³-hybridized carbons (Fsp3) is 0.333. The Kier molecular flexibility index (Phi) is 5.44. The third kappa shape index (κ3) is 4.13. The molecule has 1 heterocycles. The van der Waals surface area contributed by atoms with Gasteiger partial charge in [0.15, 0.2) is 0 Å². The molecule has 0 radical (unpaired) electrons. The molecule has 0 spiro atoms. The molecule has 23 heavy (non-hydrogen) atoms. The lowest BCUT2D eigenvalue weighted by molar-refractivity contribution is -0.139. The van der Waals surface area contributed by atoms with Crippen molar-refractivity contribution >= 4 is 23.6 Å². The molecule has 0 bridgehead atoms. The Morgan fingerprint density at radius 2 is 2.17 bits per heavy atom. The summed E-state index contributed by atoms with van der Waals surface area (Å²) in [5, 5.41) is 5.03. The van der Waals surface area contributed by atoms with E-state index in [4.69, 9.17) is 21.1 Å². The SMILES string of the molecule is CCOC(=O)C1=C(COc2ccc(F)c(Cl)c2)NC(=O)N[C@@H]1C. The molecule has 2 amide bonds. The highest BCUT2D eigenvalue weighted by molar-refractivity contribution is 6.30. The van der Waals surface area contributed by atoms with Crippen molar-refractivity contribution < 1.29 is 23.5 Å². The van der Waals surface area contributed by atoms with E-state index in [0.29, 0.717) is 11.4 Å². The molecule has 0 unspecified atom stereocenters. The predicted octanol–water partition coefficient (Wildman–Crippen LogP) is 2.38. The van der Waals surface area contributed by atoms with Crippen LogP contribution in [0.15, 0.2) is 29.5 Å². The molecular weight excluding hydrogens is 327 g/mol. The fourth-order valence-electron chi connectivity index (χ4n) is 2.12. The van der Waals surface area contributed by atoms with Crippen LogP contribution in [-0.4, -0.2) is 31.3 Å². The number of amides is 2. The second-order valence-corrected chi connectivity index (χ2v) is 5.20. The lowest BCUT2D eigenvalue weighted by Crippen LogP contribution is -2.50. The van der Waals surface area contributed by atoms with Gasteiger partial charge in [-0.05, 0) is 26.0 Å². The number of carbonyl (C=O) groups excluding carboxylic acids is 2. The topological polar surface area (TPSA) is 76.7 Å². The maximum Gasteiger partial charge on any atom is 0.338 e. The Morgan fingerprint density at radius 3 is 2.83 bits per heavy atom. The summed E-state index contributed by atoms with van der Waals surface area (Å²) < 4.78 is 23.6. The zero-order valence-corrected chi connectivity index (χ0v) is 13.4. The van der Waals surface area contributed by atoms with Crippen LogP contribution in [0.5, 0.6) is 5.75 Å². The van der Waals surface area contributed by atoms with Crippen molar-refractivity contribution in [1.82, 2.24) is 10.6 Å². The molecular formula is C15H16ClFN2O4. The molecule has 0 aromatic heterocycles. The van der Waals surface area contributed by atoms with Crippen molar-refractivity contribution in [3.05, 3.63) is 40.3 Å². The molecule has 1 aromatic carbocycles. The lowest BCUT2D eigenvalue weighted by Gasteiger charge is -2.26. The van der Waals surface area contributed by atoms with Gasteiger partial charge in [0.1, 0.15) is 18.2 Å². The molecule has 124 valence electrons. The van der Waals surface area contributed by atoms with Crippen LogP contribution < -0.4 is 15.4 Å². The third-order valence-corrected chi connectivity index (χ3v) is 3.43. The molecule has 8 heteroatoms. The summed E-state index contributed by atoms with van der Waals surface area (Å²) in [6, 6.07) is 2.92. The first-order valence-electron chi connectivity index (χ1n) is 6.98. The average Bonchev–Trinajstić information content (AvgIpc) is 2.48. The number of benzene rings is 1. The van der Waals surface area contributed by atoms with Gasteiger partial charge in [-0.3, -0.25) is 0 Å². The Balaban J connectivity index is 2.20. The molecule has 1 atom stereocenters. The van der Waals surface area contributed by atoms with E-state index in [2.05, 4.69) is 10.6 Å². The maximum atomic E-state index is 13.1. The number of urea groups is 1. The van der Waals surface area contributed by atoms with Crippen LogP contribution in [0, 0.1) is 5.82 Å². The summed E-state index contributed by atoms with van der Waals surface area (Å²) in [6.07, 6.45) is 0. The molecule has 1 aliphatic rings. The van der Waals surface area contributed by atoms with Crippen molar-refractivity contribution in [2.75, 3.05) is 13.2 Å². The number of ether oxygens (including phenoxy) is 2. The molecule has 1 aromatic rings. The van der Waals surface area contributed by atoms with Gasteiger partial charge in [0, 0.05) is 6.07 Å². The van der Waals surface area contributed by atoms with E-state index in [0.717, 1.165) is 0 Å². The summed E-state index contributed by atoms with van der Waals surface area (Å²) in [6.45, 7) is 3.48. The fourth-order valence-corrected chi connectivity index (χ4v) is 2.29. The summed E-state index contributed by atoms with van der Waals surface area (Å²) >= 11 is 5.68. The van der Waals surface area contributed by atoms with E-state index in [1.165, 1.54) is 18.2 Å². The zero-order valence-electron chi connectivity index (χ0n) is 12.6. The lowest BCUT2D eigenvalue weighted by atomic mass is 10.0. The molecule has 1 aliphatic heterocycles. The van der Waals surface area contributed by atoms with E-state index >= 15 is 0 Å². The van der Waals surface area contributed by atoms with Crippen LogP contribution in [0.3, 0.4) is 0 Å². The van der Waals surface area contributed by atoms with Gasteiger partial charge in [-0.2, -0.15) is 0 Å². The minimum absolute atomic E-state index is 0.0789. The third-order valence-electron chi connectivity index (χ3n) is 3.14. The van der Waals surface area contributed by atoms with Gasteiger partial charge in [0.25, 0.3) is 0 Å². The van der Waals surface area contributed by atoms with E-state index in [-0.39, 0.29) is 23.8 Å². The minimum Gasteiger partial charge on any atom is -0.487 e. The normalized spacial score (nSPS) is 17.4. The molecule has 0 fully saturated rings. The number of hydrogen-bond donors (Lipinski definition) is 2. The number of carbonyl (C=O) groups is 2. The van der Waals surface area contributed by atoms with Gasteiger partial charge in [0.05, 0.1) is 28.9 Å². The molecule has 0 aliphatic carbocycles. The maximum absolute atomic E-state index is 13.1. The van der Waals surface area contributed by atoms with Crippen LogP contribution in [0.1, 0.15) is 13.8 Å². The van der Waals surface area contributed by atoms with E-state index < -0.39 is 23.9 Å². The van der Waals surface area contributed by atoms with Gasteiger partial charge < -0.3 is 20.1 Å². The Labute approximate surface area is 137 Å². The summed E-state index contributed by atoms with van der Waals surface area (Å²) in [7, 11) is 0. The molecule has 2 rings (SSSR count). The van der Waals surface area contributed by atoms with Gasteiger partial charge in [-0.1, -0.05) is 11.6 Å². The molecule has 6 nitrogen and oxygen atoms in total. The Morgan fingerprint density at radius 1 is 1.43 bits per heavy atom. The first-order chi connectivity index (χ1) is 10.9. The second-order valence-electron chi connectivity index (χ2n) is 4.80. The first-order valence-corrected chi connectivity index (χ1v) is 7.35. The zero-order chi connectivity index (χ0) is 17.0. The van der Waals surface area contributed by atoms with Gasteiger partial charge in [-0.15, -0.1) is 0 Å². The summed E-state index contributed by atoms with van der Waals surface area (Å²) in [5.41, 5.74) is 0.569. The monoisotopic (exact) mass is 342 g/mol. The smallest absolute Gasteiger partial charge is 0.338 e. The van der Waals surface area contributed by atoms with E-state index in [9.17, 15) is 14.0 Å². The average molecular weight is 343 g/mol. The molecule has 0 saturated heterocycles. The number of hydrogen-bond acceptors (Lipinski definition) is 4. The van der Waals surface area contributed by atoms with Crippen molar-refractivity contribution in [3.63, 3.8) is 0 Å². The van der Waals surface area contributed by atoms with Crippen molar-refractivity contribution in [3.8, 4) is 5.75 Å². The van der Waals surface area contributed by atoms with Crippen LogP contribution in [-0.2, 0) is 9.53 Å². The van der Waals surface area contributed by atoms with Crippen molar-refractivity contribution in [1.29, 1.82) is 0 Å². The minimum atomic E-state index is -0.561. The van der Waals surface area contributed by atoms with Gasteiger partial charge in [0.2, 0.25) is 0 Å². The van der Waals surface area contributed by atoms with Gasteiger partial charge >= 0.3 is 12.0 Å². The highest BCUT2D eigenvalue weighted by Crippen LogP contribution is 2.22. The first kappa shape index (κ1) is 17.1. The van der Waals surface area contributed by atoms with Crippen LogP contribution in [0.4, 0.5) is 9.18 Å². The summed E-state index contributed by atoms with van der Waals surface area (Å²) in [4.78, 5) is 23.6. The van der Waals surface area contributed by atoms with Crippen molar-refractivity contribution in [2.24, 2.45) is 0 Å². The van der Waals surface area contributed by atoms with E-state index in [1.54, 1.807) is 13.8 Å². The Bertz CT molecular complexity index is 663. The number of rotatable bonds is 5. The highest BCUT2D eigenvalue weighted by atomic mass is 35.5. The predicted molar refractivity (Wildman–Crippen MR) is 81.7 cm³/mol. The number of nitrogens with one attached hydrogen (secondary N) is 2. The highest BCUT2D eigenvalue weighted by Gasteiger charge is 2.29. The Hall–Kier alpha value is -2.28. The molecule has 0 saturated carbocycles. The number of halogens is 2. The van der Waals surface area contributed by atoms with Crippen LogP contribution in [0.2, 0.25) is 5.02 Å². The largest absolute Gasteiger partial charge is 0.487 e. The summed E-state index contributed by atoms with van der Waals surface area (Å²) in [5.74, 6) is -0.787. The van der Waals surface area contributed by atoms with Crippen LogP contribution in [0.25, 0.3) is 0 Å². The number of esters is 1.